The molecule has 2 atom stereocenters. The number of fused-ring (bicyclic) bond motifs is 1. The lowest BCUT2D eigenvalue weighted by Gasteiger charge is -2.27. The molecule has 2 N–H and O–H groups in total. The van der Waals surface area contributed by atoms with Gasteiger partial charge in [-0.15, -0.1) is 11.3 Å². The summed E-state index contributed by atoms with van der Waals surface area (Å²) in [5.41, 5.74) is 7.59. The summed E-state index contributed by atoms with van der Waals surface area (Å²) in [6.07, 6.45) is 1.94. The van der Waals surface area contributed by atoms with Gasteiger partial charge in [0.1, 0.15) is 5.75 Å². The van der Waals surface area contributed by atoms with E-state index >= 15 is 0 Å². The summed E-state index contributed by atoms with van der Waals surface area (Å²) in [5, 5.41) is 2.79. The molecule has 0 saturated carbocycles. The zero-order valence-electron chi connectivity index (χ0n) is 10.5. The van der Waals surface area contributed by atoms with Gasteiger partial charge in [0, 0.05) is 10.9 Å². The lowest BCUT2D eigenvalue weighted by molar-refractivity contribution is 0.259. The fourth-order valence-corrected chi connectivity index (χ4v) is 3.86. The number of para-hydroxylation sites is 1. The van der Waals surface area contributed by atoms with Crippen LogP contribution in [0.5, 0.6) is 5.75 Å². The molecule has 19 heavy (non-hydrogen) atoms. The van der Waals surface area contributed by atoms with Crippen molar-refractivity contribution in [3.05, 3.63) is 51.2 Å². The van der Waals surface area contributed by atoms with Crippen LogP contribution in [-0.2, 0) is 0 Å². The van der Waals surface area contributed by atoms with Crippen LogP contribution in [0.25, 0.3) is 0 Å². The van der Waals surface area contributed by atoms with E-state index < -0.39 is 0 Å². The van der Waals surface area contributed by atoms with Crippen LogP contribution in [0.15, 0.2) is 35.7 Å². The summed E-state index contributed by atoms with van der Waals surface area (Å²) < 4.78 is 5.69. The zero-order chi connectivity index (χ0) is 13.2. The Kier molecular flexibility index (Phi) is 3.78. The highest BCUT2D eigenvalue weighted by Crippen LogP contribution is 2.40. The quantitative estimate of drug-likeness (QED) is 0.912. The van der Waals surface area contributed by atoms with E-state index in [4.69, 9.17) is 22.1 Å². The van der Waals surface area contributed by atoms with E-state index in [1.165, 1.54) is 5.56 Å². The topological polar surface area (TPSA) is 35.2 Å². The Hall–Kier alpha value is -1.03. The van der Waals surface area contributed by atoms with E-state index in [-0.39, 0.29) is 6.04 Å². The van der Waals surface area contributed by atoms with Gasteiger partial charge >= 0.3 is 0 Å². The molecule has 1 aliphatic heterocycles. The van der Waals surface area contributed by atoms with E-state index in [1.807, 2.05) is 23.6 Å². The summed E-state index contributed by atoms with van der Waals surface area (Å²) >= 11 is 7.80. The first-order chi connectivity index (χ1) is 9.25. The maximum absolute atomic E-state index is 6.31. The number of hydrogen-bond donors (Lipinski definition) is 1. The summed E-state index contributed by atoms with van der Waals surface area (Å²) in [6, 6.07) is 10.2. The van der Waals surface area contributed by atoms with Crippen molar-refractivity contribution in [2.45, 2.75) is 24.8 Å². The molecule has 1 aromatic heterocycles. The number of thiophene rings is 1. The molecule has 100 valence electrons. The Balaban J connectivity index is 1.80. The second-order valence-electron chi connectivity index (χ2n) is 4.85. The molecular formula is C15H16ClNOS. The molecule has 0 amide bonds. The van der Waals surface area contributed by atoms with Gasteiger partial charge in [-0.25, -0.2) is 0 Å². The Bertz CT molecular complexity index is 569. The third-order valence-corrected chi connectivity index (χ3v) is 5.09. The van der Waals surface area contributed by atoms with E-state index in [9.17, 15) is 0 Å². The number of hydrogen-bond acceptors (Lipinski definition) is 3. The molecule has 1 aromatic carbocycles. The van der Waals surface area contributed by atoms with Crippen LogP contribution in [0.4, 0.5) is 0 Å². The van der Waals surface area contributed by atoms with Crippen LogP contribution < -0.4 is 10.5 Å². The predicted molar refractivity (Wildman–Crippen MR) is 80.2 cm³/mol. The molecule has 1 aliphatic rings. The summed E-state index contributed by atoms with van der Waals surface area (Å²) in [4.78, 5) is 1.09. The minimum absolute atomic E-state index is 0.00339. The summed E-state index contributed by atoms with van der Waals surface area (Å²) in [6.45, 7) is 0.770. The van der Waals surface area contributed by atoms with Gasteiger partial charge in [0.25, 0.3) is 0 Å². The fraction of sp³-hybridized carbons (Fsp3) is 0.333. The molecule has 4 heteroatoms. The minimum atomic E-state index is 0.00339. The minimum Gasteiger partial charge on any atom is -0.493 e. The Morgan fingerprint density at radius 3 is 3.00 bits per heavy atom. The van der Waals surface area contributed by atoms with E-state index in [0.717, 1.165) is 35.1 Å². The summed E-state index contributed by atoms with van der Waals surface area (Å²) in [5.74, 6) is 1.46. The van der Waals surface area contributed by atoms with Crippen molar-refractivity contribution >= 4 is 22.9 Å². The summed E-state index contributed by atoms with van der Waals surface area (Å²) in [7, 11) is 0. The average molecular weight is 294 g/mol. The van der Waals surface area contributed by atoms with Crippen LogP contribution in [-0.4, -0.2) is 6.61 Å². The van der Waals surface area contributed by atoms with Crippen molar-refractivity contribution in [2.75, 3.05) is 6.61 Å². The molecule has 3 rings (SSSR count). The van der Waals surface area contributed by atoms with Crippen molar-refractivity contribution in [1.82, 2.24) is 0 Å². The molecule has 0 aliphatic carbocycles. The molecule has 2 aromatic rings. The van der Waals surface area contributed by atoms with Crippen LogP contribution in [0.3, 0.4) is 0 Å². The highest BCUT2D eigenvalue weighted by molar-refractivity contribution is 7.10. The van der Waals surface area contributed by atoms with E-state index in [1.54, 1.807) is 11.3 Å². The van der Waals surface area contributed by atoms with Gasteiger partial charge in [-0.05, 0) is 41.8 Å². The van der Waals surface area contributed by atoms with Gasteiger partial charge in [-0.3, -0.25) is 0 Å². The maximum atomic E-state index is 6.31. The molecule has 2 unspecified atom stereocenters. The maximum Gasteiger partial charge on any atom is 0.122 e. The predicted octanol–water partition coefficient (Wildman–Crippen LogP) is 4.36. The normalized spacial score (nSPS) is 19.6. The van der Waals surface area contributed by atoms with Gasteiger partial charge in [0.15, 0.2) is 0 Å². The number of benzene rings is 1. The smallest absolute Gasteiger partial charge is 0.122 e. The third kappa shape index (κ3) is 2.64. The number of ether oxygens (including phenoxy) is 1. The van der Waals surface area contributed by atoms with Crippen molar-refractivity contribution in [3.63, 3.8) is 0 Å². The van der Waals surface area contributed by atoms with Gasteiger partial charge in [-0.2, -0.15) is 0 Å². The molecular weight excluding hydrogens is 278 g/mol. The highest BCUT2D eigenvalue weighted by Gasteiger charge is 2.24. The molecule has 0 spiro atoms. The Labute approximate surface area is 122 Å². The van der Waals surface area contributed by atoms with Crippen LogP contribution in [0.2, 0.25) is 5.02 Å². The molecule has 2 nitrogen and oxygen atoms in total. The molecule has 0 fully saturated rings. The molecule has 0 radical (unpaired) electrons. The van der Waals surface area contributed by atoms with Gasteiger partial charge in [0.2, 0.25) is 0 Å². The second kappa shape index (κ2) is 5.53. The monoisotopic (exact) mass is 293 g/mol. The van der Waals surface area contributed by atoms with Crippen LogP contribution in [0.1, 0.15) is 35.2 Å². The first-order valence-corrected chi connectivity index (χ1v) is 7.71. The average Bonchev–Trinajstić information content (AvgIpc) is 2.85. The number of halogens is 1. The van der Waals surface area contributed by atoms with E-state index in [2.05, 4.69) is 12.1 Å². The fourth-order valence-electron chi connectivity index (χ4n) is 2.64. The second-order valence-corrected chi connectivity index (χ2v) is 6.20. The number of nitrogens with two attached hydrogens (primary N) is 1. The van der Waals surface area contributed by atoms with E-state index in [0.29, 0.717) is 5.92 Å². The standard InChI is InChI=1S/C15H16ClNOS/c16-12-6-8-19-15(12)13(17)9-10-5-7-18-14-4-2-1-3-11(10)14/h1-4,6,8,10,13H,5,7,9,17H2. The molecule has 0 saturated heterocycles. The molecule has 0 bridgehead atoms. The first kappa shape index (κ1) is 13.0. The number of rotatable bonds is 3. The molecule has 2 heterocycles. The van der Waals surface area contributed by atoms with Crippen LogP contribution >= 0.6 is 22.9 Å². The zero-order valence-corrected chi connectivity index (χ0v) is 12.1. The highest BCUT2D eigenvalue weighted by atomic mass is 35.5. The van der Waals surface area contributed by atoms with Crippen molar-refractivity contribution in [1.29, 1.82) is 0 Å². The largest absolute Gasteiger partial charge is 0.493 e. The Morgan fingerprint density at radius 2 is 2.21 bits per heavy atom. The Morgan fingerprint density at radius 1 is 1.37 bits per heavy atom. The van der Waals surface area contributed by atoms with Gasteiger partial charge in [0.05, 0.1) is 11.6 Å². The van der Waals surface area contributed by atoms with Crippen LogP contribution in [0, 0.1) is 0 Å². The van der Waals surface area contributed by atoms with Gasteiger partial charge in [-0.1, -0.05) is 29.8 Å². The van der Waals surface area contributed by atoms with Gasteiger partial charge < -0.3 is 10.5 Å². The van der Waals surface area contributed by atoms with Crippen molar-refractivity contribution in [2.24, 2.45) is 5.73 Å². The third-order valence-electron chi connectivity index (χ3n) is 3.60. The lowest BCUT2D eigenvalue weighted by Crippen LogP contribution is -2.19. The van der Waals surface area contributed by atoms with Crippen molar-refractivity contribution < 1.29 is 4.74 Å². The lowest BCUT2D eigenvalue weighted by atomic mass is 9.87. The SMILES string of the molecule is NC(CC1CCOc2ccccc21)c1sccc1Cl. The van der Waals surface area contributed by atoms with Crippen molar-refractivity contribution in [3.8, 4) is 5.75 Å². The first-order valence-electron chi connectivity index (χ1n) is 6.46.